The Balaban J connectivity index is 2.06. The predicted molar refractivity (Wildman–Crippen MR) is 103 cm³/mol. The molecule has 0 saturated carbocycles. The van der Waals surface area contributed by atoms with Gasteiger partial charge in [-0.2, -0.15) is 0 Å². The van der Waals surface area contributed by atoms with Crippen molar-refractivity contribution in [2.24, 2.45) is 5.92 Å². The molecule has 0 aliphatic carbocycles. The van der Waals surface area contributed by atoms with Crippen LogP contribution in [0.3, 0.4) is 0 Å². The SMILES string of the molecule is COc1ccc(C2=C(N3CC(C)OC(C)C3)C(=O)N(CC(C)C)C2=O)cc1. The van der Waals surface area contributed by atoms with Gasteiger partial charge < -0.3 is 14.4 Å². The number of amides is 2. The topological polar surface area (TPSA) is 59.1 Å². The highest BCUT2D eigenvalue weighted by Crippen LogP contribution is 2.34. The maximum absolute atomic E-state index is 13.2. The molecule has 2 aliphatic heterocycles. The molecule has 1 aromatic carbocycles. The van der Waals surface area contributed by atoms with Crippen molar-refractivity contribution in [1.29, 1.82) is 0 Å². The number of rotatable bonds is 5. The van der Waals surface area contributed by atoms with Gasteiger partial charge in [0.25, 0.3) is 11.8 Å². The quantitative estimate of drug-likeness (QED) is 0.744. The molecule has 27 heavy (non-hydrogen) atoms. The minimum Gasteiger partial charge on any atom is -0.497 e. The lowest BCUT2D eigenvalue weighted by Gasteiger charge is -2.37. The number of imide groups is 1. The van der Waals surface area contributed by atoms with Crippen LogP contribution in [0, 0.1) is 5.92 Å². The molecule has 0 spiro atoms. The normalized spacial score (nSPS) is 23.6. The Morgan fingerprint density at radius 1 is 1.07 bits per heavy atom. The lowest BCUT2D eigenvalue weighted by molar-refractivity contribution is -0.138. The Kier molecular flexibility index (Phi) is 5.56. The fourth-order valence-electron chi connectivity index (χ4n) is 3.77. The van der Waals surface area contributed by atoms with Crippen molar-refractivity contribution in [3.05, 3.63) is 35.5 Å². The maximum Gasteiger partial charge on any atom is 0.277 e. The molecule has 0 bridgehead atoms. The number of carbonyl (C=O) groups is 2. The molecule has 1 aromatic rings. The summed E-state index contributed by atoms with van der Waals surface area (Å²) in [5, 5.41) is 0. The van der Waals surface area contributed by atoms with Crippen molar-refractivity contribution < 1.29 is 19.1 Å². The number of ether oxygens (including phenoxy) is 2. The van der Waals surface area contributed by atoms with E-state index in [0.29, 0.717) is 36.7 Å². The molecule has 1 fully saturated rings. The van der Waals surface area contributed by atoms with Crippen molar-refractivity contribution in [2.45, 2.75) is 39.9 Å². The number of benzene rings is 1. The molecule has 3 rings (SSSR count). The van der Waals surface area contributed by atoms with Crippen molar-refractivity contribution in [1.82, 2.24) is 9.80 Å². The van der Waals surface area contributed by atoms with Gasteiger partial charge in [-0.25, -0.2) is 0 Å². The minimum atomic E-state index is -0.222. The summed E-state index contributed by atoms with van der Waals surface area (Å²) in [7, 11) is 1.60. The van der Waals surface area contributed by atoms with Crippen LogP contribution in [0.15, 0.2) is 30.0 Å². The van der Waals surface area contributed by atoms with Gasteiger partial charge >= 0.3 is 0 Å². The fraction of sp³-hybridized carbons (Fsp3) is 0.524. The van der Waals surface area contributed by atoms with Gasteiger partial charge in [0.1, 0.15) is 11.4 Å². The number of hydrogen-bond donors (Lipinski definition) is 0. The van der Waals surface area contributed by atoms with E-state index in [1.807, 2.05) is 56.9 Å². The van der Waals surface area contributed by atoms with Crippen LogP contribution in [0.1, 0.15) is 33.3 Å². The number of morpholine rings is 1. The molecule has 6 nitrogen and oxygen atoms in total. The third-order valence-corrected chi connectivity index (χ3v) is 4.81. The van der Waals surface area contributed by atoms with E-state index in [2.05, 4.69) is 0 Å². The summed E-state index contributed by atoms with van der Waals surface area (Å²) in [5.74, 6) is 0.490. The Morgan fingerprint density at radius 3 is 2.19 bits per heavy atom. The van der Waals surface area contributed by atoms with Gasteiger partial charge in [-0.15, -0.1) is 0 Å². The zero-order chi connectivity index (χ0) is 19.7. The number of nitrogens with zero attached hydrogens (tertiary/aromatic N) is 2. The molecular weight excluding hydrogens is 344 g/mol. The first-order valence-corrected chi connectivity index (χ1v) is 9.47. The molecule has 6 heteroatoms. The average Bonchev–Trinajstić information content (AvgIpc) is 2.85. The second-order valence-corrected chi connectivity index (χ2v) is 7.73. The van der Waals surface area contributed by atoms with Gasteiger partial charge in [-0.3, -0.25) is 14.5 Å². The van der Waals surface area contributed by atoms with Crippen molar-refractivity contribution >= 4 is 17.4 Å². The summed E-state index contributed by atoms with van der Waals surface area (Å²) in [5.41, 5.74) is 1.71. The smallest absolute Gasteiger partial charge is 0.277 e. The lowest BCUT2D eigenvalue weighted by Crippen LogP contribution is -2.47. The summed E-state index contributed by atoms with van der Waals surface area (Å²) in [6.45, 7) is 9.58. The zero-order valence-electron chi connectivity index (χ0n) is 16.7. The van der Waals surface area contributed by atoms with E-state index in [1.165, 1.54) is 4.90 Å². The van der Waals surface area contributed by atoms with E-state index >= 15 is 0 Å². The third kappa shape index (κ3) is 3.86. The van der Waals surface area contributed by atoms with Crippen LogP contribution in [0.25, 0.3) is 5.57 Å². The molecule has 2 atom stereocenters. The maximum atomic E-state index is 13.2. The highest BCUT2D eigenvalue weighted by Gasteiger charge is 2.43. The van der Waals surface area contributed by atoms with Crippen LogP contribution in [0.2, 0.25) is 0 Å². The van der Waals surface area contributed by atoms with E-state index in [9.17, 15) is 9.59 Å². The Morgan fingerprint density at radius 2 is 1.67 bits per heavy atom. The minimum absolute atomic E-state index is 0.000387. The molecule has 2 unspecified atom stereocenters. The van der Waals surface area contributed by atoms with Crippen molar-refractivity contribution in [3.8, 4) is 5.75 Å². The van der Waals surface area contributed by atoms with Gasteiger partial charge in [-0.1, -0.05) is 26.0 Å². The Bertz CT molecular complexity index is 744. The first-order chi connectivity index (χ1) is 12.8. The fourth-order valence-corrected chi connectivity index (χ4v) is 3.77. The van der Waals surface area contributed by atoms with Crippen LogP contribution in [0.5, 0.6) is 5.75 Å². The number of carbonyl (C=O) groups excluding carboxylic acids is 2. The van der Waals surface area contributed by atoms with Gasteiger partial charge in [0.05, 0.1) is 24.9 Å². The van der Waals surface area contributed by atoms with E-state index in [4.69, 9.17) is 9.47 Å². The van der Waals surface area contributed by atoms with Crippen molar-refractivity contribution in [2.75, 3.05) is 26.7 Å². The summed E-state index contributed by atoms with van der Waals surface area (Å²) in [4.78, 5) is 29.8. The van der Waals surface area contributed by atoms with Crippen molar-refractivity contribution in [3.63, 3.8) is 0 Å². The number of methoxy groups -OCH3 is 1. The molecule has 2 aliphatic rings. The molecule has 0 N–H and O–H groups in total. The summed E-state index contributed by atoms with van der Waals surface area (Å²) < 4.78 is 11.0. The summed E-state index contributed by atoms with van der Waals surface area (Å²) in [6.07, 6.45) is 0.000774. The molecule has 0 radical (unpaired) electrons. The average molecular weight is 372 g/mol. The third-order valence-electron chi connectivity index (χ3n) is 4.81. The highest BCUT2D eigenvalue weighted by atomic mass is 16.5. The monoisotopic (exact) mass is 372 g/mol. The van der Waals surface area contributed by atoms with Gasteiger partial charge in [0, 0.05) is 19.6 Å². The van der Waals surface area contributed by atoms with Crippen LogP contribution >= 0.6 is 0 Å². The van der Waals surface area contributed by atoms with Gasteiger partial charge in [-0.05, 0) is 37.5 Å². The number of hydrogen-bond acceptors (Lipinski definition) is 5. The standard InChI is InChI=1S/C21H28N2O4/c1-13(2)10-23-20(24)18(16-6-8-17(26-5)9-7-16)19(21(23)25)22-11-14(3)27-15(4)12-22/h6-9,13-15H,10-12H2,1-5H3. The van der Waals surface area contributed by atoms with E-state index in [-0.39, 0.29) is 29.9 Å². The van der Waals surface area contributed by atoms with Gasteiger partial charge in [0.15, 0.2) is 0 Å². The Hall–Kier alpha value is -2.34. The second kappa shape index (κ2) is 7.72. The molecule has 1 saturated heterocycles. The molecule has 2 amide bonds. The molecular formula is C21H28N2O4. The van der Waals surface area contributed by atoms with Crippen LogP contribution < -0.4 is 4.74 Å². The predicted octanol–water partition coefficient (Wildman–Crippen LogP) is 2.54. The van der Waals surface area contributed by atoms with Crippen LogP contribution in [-0.2, 0) is 14.3 Å². The Labute approximate surface area is 160 Å². The second-order valence-electron chi connectivity index (χ2n) is 7.73. The molecule has 146 valence electrons. The first-order valence-electron chi connectivity index (χ1n) is 9.47. The van der Waals surface area contributed by atoms with E-state index in [1.54, 1.807) is 7.11 Å². The summed E-state index contributed by atoms with van der Waals surface area (Å²) >= 11 is 0. The molecule has 2 heterocycles. The summed E-state index contributed by atoms with van der Waals surface area (Å²) in [6, 6.07) is 7.30. The van der Waals surface area contributed by atoms with E-state index < -0.39 is 0 Å². The highest BCUT2D eigenvalue weighted by molar-refractivity contribution is 6.35. The zero-order valence-corrected chi connectivity index (χ0v) is 16.7. The lowest BCUT2D eigenvalue weighted by atomic mass is 10.0. The first kappa shape index (κ1) is 19.4. The van der Waals surface area contributed by atoms with Gasteiger partial charge in [0.2, 0.25) is 0 Å². The molecule has 0 aromatic heterocycles. The van der Waals surface area contributed by atoms with E-state index in [0.717, 1.165) is 5.56 Å². The van der Waals surface area contributed by atoms with Crippen LogP contribution in [0.4, 0.5) is 0 Å². The van der Waals surface area contributed by atoms with Crippen LogP contribution in [-0.4, -0.2) is 60.6 Å². The largest absolute Gasteiger partial charge is 0.497 e.